The molecule has 5 heteroatoms. The van der Waals surface area contributed by atoms with Crippen LogP contribution in [-0.2, 0) is 9.53 Å². The Morgan fingerprint density at radius 2 is 1.95 bits per heavy atom. The van der Waals surface area contributed by atoms with E-state index in [2.05, 4.69) is 6.92 Å². The van der Waals surface area contributed by atoms with Gasteiger partial charge in [-0.05, 0) is 31.9 Å². The zero-order valence-corrected chi connectivity index (χ0v) is 13.4. The number of carbonyl (C=O) groups excluding carboxylic acids is 2. The third kappa shape index (κ3) is 6.24. The molecule has 1 aromatic rings. The maximum absolute atomic E-state index is 13.9. The van der Waals surface area contributed by atoms with Crippen molar-refractivity contribution in [2.24, 2.45) is 0 Å². The minimum absolute atomic E-state index is 0.0640. The second-order valence-electron chi connectivity index (χ2n) is 5.30. The van der Waals surface area contributed by atoms with Crippen molar-refractivity contribution in [1.82, 2.24) is 0 Å². The molecule has 4 nitrogen and oxygen atoms in total. The Morgan fingerprint density at radius 1 is 1.23 bits per heavy atom. The van der Waals surface area contributed by atoms with Crippen LogP contribution in [0.2, 0.25) is 0 Å². The molecule has 0 aliphatic heterocycles. The van der Waals surface area contributed by atoms with E-state index in [0.717, 1.165) is 38.2 Å². The van der Waals surface area contributed by atoms with E-state index in [9.17, 15) is 14.0 Å². The Kier molecular flexibility index (Phi) is 7.57. The molecule has 0 saturated heterocycles. The third-order valence-electron chi connectivity index (χ3n) is 3.19. The smallest absolute Gasteiger partial charge is 0.341 e. The van der Waals surface area contributed by atoms with Crippen molar-refractivity contribution in [3.63, 3.8) is 0 Å². The minimum atomic E-state index is -0.762. The van der Waals surface area contributed by atoms with Gasteiger partial charge in [0.2, 0.25) is 0 Å². The second kappa shape index (κ2) is 9.18. The molecule has 1 unspecified atom stereocenters. The highest BCUT2D eigenvalue weighted by molar-refractivity contribution is 5.90. The lowest BCUT2D eigenvalue weighted by atomic mass is 10.1. The van der Waals surface area contributed by atoms with Gasteiger partial charge in [-0.2, -0.15) is 0 Å². The third-order valence-corrected chi connectivity index (χ3v) is 3.19. The van der Waals surface area contributed by atoms with Gasteiger partial charge in [0.25, 0.3) is 0 Å². The number of hydrogen-bond donors (Lipinski definition) is 0. The largest absolute Gasteiger partial charge is 0.459 e. The van der Waals surface area contributed by atoms with E-state index < -0.39 is 17.8 Å². The number of halogens is 1. The Morgan fingerprint density at radius 3 is 2.55 bits per heavy atom. The number of ether oxygens (including phenoxy) is 2. The number of benzene rings is 1. The van der Waals surface area contributed by atoms with Crippen LogP contribution in [0.25, 0.3) is 0 Å². The summed E-state index contributed by atoms with van der Waals surface area (Å²) in [5.41, 5.74) is -0.156. The highest BCUT2D eigenvalue weighted by Crippen LogP contribution is 2.19. The summed E-state index contributed by atoms with van der Waals surface area (Å²) < 4.78 is 23.8. The van der Waals surface area contributed by atoms with Crippen LogP contribution in [0.15, 0.2) is 18.2 Å². The van der Waals surface area contributed by atoms with Crippen molar-refractivity contribution in [3.05, 3.63) is 29.6 Å². The Hall–Kier alpha value is -1.91. The fraction of sp³-hybridized carbons (Fsp3) is 0.529. The molecule has 0 fully saturated rings. The lowest BCUT2D eigenvalue weighted by Gasteiger charge is -2.13. The molecule has 0 N–H and O–H groups in total. The zero-order chi connectivity index (χ0) is 16.5. The molecule has 0 aliphatic carbocycles. The first kappa shape index (κ1) is 18.1. The molecule has 0 bridgehead atoms. The highest BCUT2D eigenvalue weighted by atomic mass is 19.1. The van der Waals surface area contributed by atoms with Crippen molar-refractivity contribution in [3.8, 4) is 5.75 Å². The molecular formula is C17H23FO4. The summed E-state index contributed by atoms with van der Waals surface area (Å²) in [5.74, 6) is -1.94. The maximum Gasteiger partial charge on any atom is 0.341 e. The van der Waals surface area contributed by atoms with Crippen LogP contribution in [0.1, 0.15) is 63.2 Å². The molecule has 22 heavy (non-hydrogen) atoms. The summed E-state index contributed by atoms with van der Waals surface area (Å²) in [6.07, 6.45) is 4.90. The fourth-order valence-electron chi connectivity index (χ4n) is 2.05. The van der Waals surface area contributed by atoms with Crippen LogP contribution >= 0.6 is 0 Å². The van der Waals surface area contributed by atoms with E-state index in [4.69, 9.17) is 9.47 Å². The molecule has 0 aliphatic rings. The second-order valence-corrected chi connectivity index (χ2v) is 5.30. The van der Waals surface area contributed by atoms with Gasteiger partial charge in [0, 0.05) is 13.0 Å². The molecule has 0 radical (unpaired) electrons. The number of esters is 2. The van der Waals surface area contributed by atoms with Crippen LogP contribution in [0.5, 0.6) is 5.75 Å². The molecule has 0 spiro atoms. The Bertz CT molecular complexity index is 513. The average Bonchev–Trinajstić information content (AvgIpc) is 2.43. The first-order chi connectivity index (χ1) is 10.4. The summed E-state index contributed by atoms with van der Waals surface area (Å²) in [4.78, 5) is 22.7. The monoisotopic (exact) mass is 310 g/mol. The molecule has 1 rings (SSSR count). The Balaban J connectivity index is 2.56. The van der Waals surface area contributed by atoms with Gasteiger partial charge < -0.3 is 9.47 Å². The lowest BCUT2D eigenvalue weighted by Crippen LogP contribution is -2.16. The van der Waals surface area contributed by atoms with Gasteiger partial charge in [-0.15, -0.1) is 0 Å². The predicted octanol–water partition coefficient (Wildman–Crippen LogP) is 4.27. The van der Waals surface area contributed by atoms with E-state index in [1.807, 2.05) is 0 Å². The quantitative estimate of drug-likeness (QED) is 0.409. The van der Waals surface area contributed by atoms with Crippen LogP contribution in [0.3, 0.4) is 0 Å². The normalized spacial score (nSPS) is 11.8. The van der Waals surface area contributed by atoms with Crippen molar-refractivity contribution in [1.29, 1.82) is 0 Å². The van der Waals surface area contributed by atoms with E-state index in [-0.39, 0.29) is 17.4 Å². The summed E-state index contributed by atoms with van der Waals surface area (Å²) in [6.45, 7) is 5.15. The van der Waals surface area contributed by atoms with Crippen LogP contribution in [0, 0.1) is 5.82 Å². The minimum Gasteiger partial charge on any atom is -0.459 e. The van der Waals surface area contributed by atoms with Gasteiger partial charge in [-0.25, -0.2) is 9.18 Å². The van der Waals surface area contributed by atoms with E-state index in [1.54, 1.807) is 6.92 Å². The van der Waals surface area contributed by atoms with E-state index >= 15 is 0 Å². The maximum atomic E-state index is 13.9. The van der Waals surface area contributed by atoms with Gasteiger partial charge in [-0.1, -0.05) is 26.2 Å². The molecule has 1 atom stereocenters. The molecule has 0 heterocycles. The standard InChI is InChI=1S/C17H23FO4/c1-4-5-6-7-8-12(2)21-17(20)15-10-9-14(11-16(15)18)22-13(3)19/h9-12H,4-8H2,1-3H3. The van der Waals surface area contributed by atoms with Gasteiger partial charge in [0.05, 0.1) is 11.7 Å². The van der Waals surface area contributed by atoms with E-state index in [1.165, 1.54) is 19.1 Å². The molecule has 0 aromatic heterocycles. The first-order valence-corrected chi connectivity index (χ1v) is 7.63. The van der Waals surface area contributed by atoms with E-state index in [0.29, 0.717) is 0 Å². The number of hydrogen-bond acceptors (Lipinski definition) is 4. The van der Waals surface area contributed by atoms with Crippen molar-refractivity contribution >= 4 is 11.9 Å². The molecule has 0 amide bonds. The van der Waals surface area contributed by atoms with Gasteiger partial charge in [0.15, 0.2) is 0 Å². The number of carbonyl (C=O) groups is 2. The SMILES string of the molecule is CCCCCCC(C)OC(=O)c1ccc(OC(C)=O)cc1F. The van der Waals surface area contributed by atoms with Gasteiger partial charge >= 0.3 is 11.9 Å². The van der Waals surface area contributed by atoms with Gasteiger partial charge in [0.1, 0.15) is 11.6 Å². The molecule has 0 saturated carbocycles. The van der Waals surface area contributed by atoms with Crippen molar-refractivity contribution < 1.29 is 23.5 Å². The number of unbranched alkanes of at least 4 members (excludes halogenated alkanes) is 3. The topological polar surface area (TPSA) is 52.6 Å². The lowest BCUT2D eigenvalue weighted by molar-refractivity contribution is -0.131. The summed E-state index contributed by atoms with van der Waals surface area (Å²) in [6, 6.07) is 3.64. The average molecular weight is 310 g/mol. The Labute approximate surface area is 130 Å². The molecular weight excluding hydrogens is 287 g/mol. The zero-order valence-electron chi connectivity index (χ0n) is 13.4. The summed E-state index contributed by atoms with van der Waals surface area (Å²) >= 11 is 0. The molecule has 1 aromatic carbocycles. The van der Waals surface area contributed by atoms with Gasteiger partial charge in [-0.3, -0.25) is 4.79 Å². The molecule has 122 valence electrons. The predicted molar refractivity (Wildman–Crippen MR) is 81.3 cm³/mol. The summed E-state index contributed by atoms with van der Waals surface area (Å²) in [7, 11) is 0. The highest BCUT2D eigenvalue weighted by Gasteiger charge is 2.17. The van der Waals surface area contributed by atoms with Crippen LogP contribution < -0.4 is 4.74 Å². The van der Waals surface area contributed by atoms with Crippen LogP contribution in [-0.4, -0.2) is 18.0 Å². The van der Waals surface area contributed by atoms with Crippen molar-refractivity contribution in [2.75, 3.05) is 0 Å². The van der Waals surface area contributed by atoms with Crippen molar-refractivity contribution in [2.45, 2.75) is 59.0 Å². The first-order valence-electron chi connectivity index (χ1n) is 7.63. The summed E-state index contributed by atoms with van der Waals surface area (Å²) in [5, 5.41) is 0. The number of rotatable bonds is 8. The fourth-order valence-corrected chi connectivity index (χ4v) is 2.05. The van der Waals surface area contributed by atoms with Crippen LogP contribution in [0.4, 0.5) is 4.39 Å².